The summed E-state index contributed by atoms with van der Waals surface area (Å²) in [5, 5.41) is 22.3. The van der Waals surface area contributed by atoms with Crippen LogP contribution in [0.2, 0.25) is 0 Å². The third kappa shape index (κ3) is 3.93. The summed E-state index contributed by atoms with van der Waals surface area (Å²) in [6.45, 7) is -0.276. The summed E-state index contributed by atoms with van der Waals surface area (Å²) in [5.41, 5.74) is 3.63. The maximum Gasteiger partial charge on any atom is 0.344 e. The Labute approximate surface area is 173 Å². The van der Waals surface area contributed by atoms with Gasteiger partial charge in [0.05, 0.1) is 0 Å². The van der Waals surface area contributed by atoms with E-state index in [1.165, 1.54) is 6.26 Å². The normalized spacial score (nSPS) is 15.4. The zero-order chi connectivity index (χ0) is 21.1. The van der Waals surface area contributed by atoms with E-state index in [2.05, 4.69) is 5.16 Å². The smallest absolute Gasteiger partial charge is 0.344 e. The Morgan fingerprint density at radius 3 is 2.50 bits per heavy atom. The molecule has 2 N–H and O–H groups in total. The Balaban J connectivity index is 1.56. The van der Waals surface area contributed by atoms with E-state index in [0.717, 1.165) is 42.4 Å². The number of carbonyl (C=O) groups is 2. The van der Waals surface area contributed by atoms with Crippen LogP contribution in [0.15, 0.2) is 47.2 Å². The summed E-state index contributed by atoms with van der Waals surface area (Å²) < 4.78 is 10.7. The van der Waals surface area contributed by atoms with Gasteiger partial charge in [-0.25, -0.2) is 4.79 Å². The maximum absolute atomic E-state index is 12.9. The van der Waals surface area contributed by atoms with Crippen molar-refractivity contribution in [3.8, 4) is 28.1 Å². The number of ether oxygens (including phenoxy) is 1. The van der Waals surface area contributed by atoms with Crippen molar-refractivity contribution in [3.05, 3.63) is 48.2 Å². The van der Waals surface area contributed by atoms with E-state index in [0.29, 0.717) is 17.0 Å². The van der Waals surface area contributed by atoms with Gasteiger partial charge in [0.1, 0.15) is 17.7 Å². The predicted molar refractivity (Wildman–Crippen MR) is 109 cm³/mol. The van der Waals surface area contributed by atoms with Gasteiger partial charge in [-0.15, -0.1) is 0 Å². The van der Waals surface area contributed by atoms with Crippen molar-refractivity contribution in [2.24, 2.45) is 5.92 Å². The Morgan fingerprint density at radius 2 is 1.83 bits per heavy atom. The lowest BCUT2D eigenvalue weighted by Crippen LogP contribution is -2.28. The molecule has 1 heterocycles. The molecule has 0 radical (unpaired) electrons. The minimum absolute atomic E-state index is 0.00213. The Bertz CT molecular complexity index is 1000. The van der Waals surface area contributed by atoms with Crippen LogP contribution in [0.1, 0.15) is 42.5 Å². The topological polar surface area (TPSA) is 110 Å². The second kappa shape index (κ2) is 8.67. The van der Waals surface area contributed by atoms with Crippen LogP contribution in [0.4, 0.5) is 0 Å². The van der Waals surface area contributed by atoms with Gasteiger partial charge in [0.25, 0.3) is 0 Å². The molecule has 0 saturated heterocycles. The third-order valence-electron chi connectivity index (χ3n) is 5.63. The van der Waals surface area contributed by atoms with Crippen molar-refractivity contribution >= 4 is 11.8 Å². The summed E-state index contributed by atoms with van der Waals surface area (Å²) in [6.07, 6.45) is 4.48. The summed E-state index contributed by atoms with van der Waals surface area (Å²) in [6, 6.07) is 10.6. The van der Waals surface area contributed by atoms with Gasteiger partial charge >= 0.3 is 5.97 Å². The van der Waals surface area contributed by atoms with Crippen molar-refractivity contribution in [1.82, 2.24) is 5.16 Å². The van der Waals surface area contributed by atoms with Gasteiger partial charge in [0, 0.05) is 41.2 Å². The molecule has 1 fully saturated rings. The van der Waals surface area contributed by atoms with E-state index in [4.69, 9.17) is 19.5 Å². The lowest BCUT2D eigenvalue weighted by molar-refractivity contribution is -0.145. The highest BCUT2D eigenvalue weighted by Crippen LogP contribution is 2.38. The molecule has 30 heavy (non-hydrogen) atoms. The molecule has 156 valence electrons. The average molecular weight is 409 g/mol. The zero-order valence-electron chi connectivity index (χ0n) is 16.4. The standard InChI is InChI=1S/C23H23NO6/c25-12-11-20(23(27)28)30-16-7-5-14(6-8-16)21-17-9-10-18(19(17)13-29-24-21)22(26)15-3-1-2-4-15/h5-10,13,15,20,25H,1-4,11-12H2,(H,27,28). The van der Waals surface area contributed by atoms with Gasteiger partial charge in [-0.3, -0.25) is 4.79 Å². The van der Waals surface area contributed by atoms with Crippen LogP contribution in [0.3, 0.4) is 0 Å². The monoisotopic (exact) mass is 409 g/mol. The molecule has 1 aromatic carbocycles. The fourth-order valence-corrected chi connectivity index (χ4v) is 4.04. The molecule has 0 aromatic heterocycles. The highest BCUT2D eigenvalue weighted by Gasteiger charge is 2.28. The lowest BCUT2D eigenvalue weighted by atomic mass is 9.94. The van der Waals surface area contributed by atoms with E-state index in [1.54, 1.807) is 24.3 Å². The molecule has 1 unspecified atom stereocenters. The van der Waals surface area contributed by atoms with E-state index in [-0.39, 0.29) is 24.7 Å². The highest BCUT2D eigenvalue weighted by molar-refractivity contribution is 6.06. The number of Topliss-reactive ketones (excluding diaryl/α,β-unsaturated/α-hetero) is 1. The number of aliphatic hydroxyl groups excluding tert-OH is 1. The van der Waals surface area contributed by atoms with Crippen molar-refractivity contribution in [3.63, 3.8) is 0 Å². The first-order chi connectivity index (χ1) is 14.6. The molecule has 1 atom stereocenters. The van der Waals surface area contributed by atoms with E-state index in [9.17, 15) is 9.59 Å². The fourth-order valence-electron chi connectivity index (χ4n) is 4.04. The van der Waals surface area contributed by atoms with Gasteiger partial charge in [0.15, 0.2) is 11.9 Å². The highest BCUT2D eigenvalue weighted by atomic mass is 16.5. The van der Waals surface area contributed by atoms with Gasteiger partial charge < -0.3 is 19.5 Å². The summed E-state index contributed by atoms with van der Waals surface area (Å²) >= 11 is 0. The van der Waals surface area contributed by atoms with Crippen LogP contribution in [0.5, 0.6) is 5.75 Å². The first-order valence-electron chi connectivity index (χ1n) is 10.1. The Morgan fingerprint density at radius 1 is 1.10 bits per heavy atom. The molecule has 0 spiro atoms. The first-order valence-corrected chi connectivity index (χ1v) is 10.1. The van der Waals surface area contributed by atoms with Crippen LogP contribution < -0.4 is 4.74 Å². The van der Waals surface area contributed by atoms with Crippen LogP contribution in [-0.4, -0.2) is 39.8 Å². The number of nitrogens with zero attached hydrogens (tertiary/aromatic N) is 1. The number of aliphatic carboxylic acids is 1. The number of hydrogen-bond donors (Lipinski definition) is 2. The van der Waals surface area contributed by atoms with Crippen LogP contribution >= 0.6 is 0 Å². The molecular formula is C23H23NO6. The summed E-state index contributed by atoms with van der Waals surface area (Å²) in [5.74, 6) is -0.495. The number of rotatable bonds is 8. The first kappa shape index (κ1) is 20.1. The number of ketones is 1. The van der Waals surface area contributed by atoms with Crippen molar-refractivity contribution < 1.29 is 29.1 Å². The molecule has 7 heteroatoms. The number of carboxylic acid groups (broad SMARTS) is 1. The molecule has 0 amide bonds. The second-order valence-electron chi connectivity index (χ2n) is 7.56. The molecule has 0 bridgehead atoms. The molecule has 3 aliphatic rings. The Hall–Kier alpha value is -3.19. The van der Waals surface area contributed by atoms with Gasteiger partial charge in [0.2, 0.25) is 0 Å². The molecule has 4 rings (SSSR count). The minimum atomic E-state index is -1.13. The fraction of sp³-hybridized carbons (Fsp3) is 0.348. The number of benzene rings is 1. The largest absolute Gasteiger partial charge is 0.479 e. The number of carbonyl (C=O) groups excluding carboxylic acids is 1. The number of hydrogen-bond acceptors (Lipinski definition) is 6. The third-order valence-corrected chi connectivity index (χ3v) is 5.63. The number of aliphatic hydroxyl groups is 1. The SMILES string of the molecule is O=C(c1ccc2c(-c3ccc(OC(CCO)C(=O)O)cc3)nocc1-2)C1CCCC1. The summed E-state index contributed by atoms with van der Waals surface area (Å²) in [4.78, 5) is 24.1. The molecular weight excluding hydrogens is 386 g/mol. The molecule has 1 aromatic rings. The molecule has 7 nitrogen and oxygen atoms in total. The van der Waals surface area contributed by atoms with Gasteiger partial charge in [-0.2, -0.15) is 0 Å². The van der Waals surface area contributed by atoms with Crippen LogP contribution in [-0.2, 0) is 4.79 Å². The predicted octanol–water partition coefficient (Wildman–Crippen LogP) is 4.03. The van der Waals surface area contributed by atoms with Crippen molar-refractivity contribution in [2.75, 3.05) is 6.61 Å². The molecule has 2 aliphatic carbocycles. The van der Waals surface area contributed by atoms with Crippen molar-refractivity contribution in [2.45, 2.75) is 38.2 Å². The van der Waals surface area contributed by atoms with E-state index >= 15 is 0 Å². The maximum atomic E-state index is 12.9. The van der Waals surface area contributed by atoms with Gasteiger partial charge in [-0.1, -0.05) is 24.1 Å². The zero-order valence-corrected chi connectivity index (χ0v) is 16.4. The minimum Gasteiger partial charge on any atom is -0.479 e. The van der Waals surface area contributed by atoms with Gasteiger partial charge in [-0.05, 0) is 43.2 Å². The average Bonchev–Trinajstić information content (AvgIpc) is 3.43. The number of fused-ring (bicyclic) bond motifs is 1. The van der Waals surface area contributed by atoms with Crippen molar-refractivity contribution in [1.29, 1.82) is 0 Å². The lowest BCUT2D eigenvalue weighted by Gasteiger charge is -2.14. The molecule has 1 saturated carbocycles. The Kier molecular flexibility index (Phi) is 5.81. The van der Waals surface area contributed by atoms with E-state index < -0.39 is 12.1 Å². The second-order valence-corrected chi connectivity index (χ2v) is 7.56. The van der Waals surface area contributed by atoms with E-state index in [1.807, 2.05) is 12.1 Å². The van der Waals surface area contributed by atoms with Crippen LogP contribution in [0.25, 0.3) is 22.4 Å². The number of aromatic nitrogens is 1. The van der Waals surface area contributed by atoms with Crippen LogP contribution in [0, 0.1) is 5.92 Å². The number of carboxylic acids is 1. The molecule has 1 aliphatic heterocycles. The quantitative estimate of drug-likeness (QED) is 0.540. The summed E-state index contributed by atoms with van der Waals surface area (Å²) in [7, 11) is 0.